The van der Waals surface area contributed by atoms with E-state index in [0.717, 1.165) is 29.2 Å². The Morgan fingerprint density at radius 3 is 2.79 bits per heavy atom. The maximum absolute atomic E-state index is 12.0. The van der Waals surface area contributed by atoms with Gasteiger partial charge in [0.25, 0.3) is 0 Å². The number of nitrogens with zero attached hydrogens (tertiary/aromatic N) is 1. The van der Waals surface area contributed by atoms with Crippen molar-refractivity contribution in [3.8, 4) is 0 Å². The Balaban J connectivity index is 1.71. The number of guanidine groups is 1. The molecule has 0 aromatic heterocycles. The van der Waals surface area contributed by atoms with Crippen molar-refractivity contribution in [1.29, 1.82) is 0 Å². The van der Waals surface area contributed by atoms with Gasteiger partial charge in [-0.2, -0.15) is 11.8 Å². The maximum atomic E-state index is 12.0. The molecule has 5 nitrogen and oxygen atoms in total. The fourth-order valence-electron chi connectivity index (χ4n) is 2.37. The number of thioether (sulfide) groups is 1. The summed E-state index contributed by atoms with van der Waals surface area (Å²) in [7, 11) is 0. The molecule has 0 spiro atoms. The zero-order valence-electron chi connectivity index (χ0n) is 14.0. The van der Waals surface area contributed by atoms with E-state index >= 15 is 0 Å². The molecule has 0 bridgehead atoms. The van der Waals surface area contributed by atoms with E-state index in [9.17, 15) is 4.79 Å². The van der Waals surface area contributed by atoms with Crippen LogP contribution in [0.5, 0.6) is 0 Å². The second-order valence-electron chi connectivity index (χ2n) is 5.59. The Kier molecular flexibility index (Phi) is 8.45. The molecule has 1 aromatic rings. The number of carbonyl (C=O) groups excluding carboxylic acids is 1. The molecule has 1 unspecified atom stereocenters. The van der Waals surface area contributed by atoms with E-state index in [0.29, 0.717) is 18.2 Å². The first-order valence-electron chi connectivity index (χ1n) is 8.36. The van der Waals surface area contributed by atoms with E-state index in [4.69, 9.17) is 0 Å². The van der Waals surface area contributed by atoms with Crippen molar-refractivity contribution >= 4 is 45.2 Å². The van der Waals surface area contributed by atoms with Crippen LogP contribution in [0.1, 0.15) is 26.2 Å². The van der Waals surface area contributed by atoms with Crippen molar-refractivity contribution in [2.45, 2.75) is 31.4 Å². The number of anilines is 1. The molecule has 0 radical (unpaired) electrons. The molecule has 1 amide bonds. The number of aliphatic imine (C=N–C) groups is 1. The number of rotatable bonds is 7. The fourth-order valence-corrected chi connectivity index (χ4v) is 3.82. The van der Waals surface area contributed by atoms with Crippen molar-refractivity contribution < 1.29 is 4.79 Å². The molecule has 1 saturated heterocycles. The lowest BCUT2D eigenvalue weighted by Gasteiger charge is -2.12. The van der Waals surface area contributed by atoms with Crippen LogP contribution in [-0.4, -0.2) is 42.5 Å². The third kappa shape index (κ3) is 7.13. The average Bonchev–Trinajstić information content (AvgIpc) is 3.08. The number of hydrogen-bond donors (Lipinski definition) is 3. The lowest BCUT2D eigenvalue weighted by molar-refractivity contribution is -0.116. The topological polar surface area (TPSA) is 65.5 Å². The Morgan fingerprint density at radius 1 is 1.33 bits per heavy atom. The second-order valence-corrected chi connectivity index (χ2v) is 7.91. The highest BCUT2D eigenvalue weighted by atomic mass is 79.9. The number of carbonyl (C=O) groups is 1. The molecule has 1 heterocycles. The highest BCUT2D eigenvalue weighted by Crippen LogP contribution is 2.25. The minimum atomic E-state index is -0.00739. The van der Waals surface area contributed by atoms with Crippen LogP contribution in [0.25, 0.3) is 0 Å². The molecule has 132 valence electrons. The molecular formula is C17H25BrN4OS. The van der Waals surface area contributed by atoms with Crippen LogP contribution in [0, 0.1) is 0 Å². The molecule has 1 atom stereocenters. The standard InChI is InChI=1S/C17H25BrN4OS/c1-2-19-17(21-12-15-4-3-11-24-15)20-10-9-16(23)22-14-7-5-13(18)6-8-14/h5-8,15H,2-4,9-12H2,1H3,(H,22,23)(H2,19,20,21). The van der Waals surface area contributed by atoms with Crippen LogP contribution in [0.15, 0.2) is 33.7 Å². The summed E-state index contributed by atoms with van der Waals surface area (Å²) in [6, 6.07) is 7.57. The van der Waals surface area contributed by atoms with Gasteiger partial charge in [-0.1, -0.05) is 15.9 Å². The van der Waals surface area contributed by atoms with Crippen molar-refractivity contribution in [2.24, 2.45) is 4.99 Å². The number of amides is 1. The van der Waals surface area contributed by atoms with Crippen LogP contribution in [0.3, 0.4) is 0 Å². The summed E-state index contributed by atoms with van der Waals surface area (Å²) in [4.78, 5) is 16.6. The molecule has 1 aliphatic rings. The minimum Gasteiger partial charge on any atom is -0.357 e. The predicted octanol–water partition coefficient (Wildman–Crippen LogP) is 3.23. The Morgan fingerprint density at radius 2 is 2.12 bits per heavy atom. The first-order chi connectivity index (χ1) is 11.7. The van der Waals surface area contributed by atoms with Crippen molar-refractivity contribution in [3.63, 3.8) is 0 Å². The largest absolute Gasteiger partial charge is 0.357 e. The minimum absolute atomic E-state index is 0.00739. The molecular weight excluding hydrogens is 388 g/mol. The number of benzene rings is 1. The molecule has 2 rings (SSSR count). The van der Waals surface area contributed by atoms with Crippen LogP contribution in [0.4, 0.5) is 5.69 Å². The third-order valence-electron chi connectivity index (χ3n) is 3.59. The monoisotopic (exact) mass is 412 g/mol. The average molecular weight is 413 g/mol. The predicted molar refractivity (Wildman–Crippen MR) is 107 cm³/mol. The normalized spacial score (nSPS) is 17.6. The van der Waals surface area contributed by atoms with Crippen LogP contribution >= 0.6 is 27.7 Å². The number of hydrogen-bond acceptors (Lipinski definition) is 3. The van der Waals surface area contributed by atoms with Crippen LogP contribution < -0.4 is 16.0 Å². The molecule has 0 aliphatic carbocycles. The third-order valence-corrected chi connectivity index (χ3v) is 5.50. The van der Waals surface area contributed by atoms with Gasteiger partial charge in [-0.25, -0.2) is 0 Å². The van der Waals surface area contributed by atoms with E-state index in [1.165, 1.54) is 18.6 Å². The van der Waals surface area contributed by atoms with Gasteiger partial charge in [-0.3, -0.25) is 9.79 Å². The van der Waals surface area contributed by atoms with E-state index in [-0.39, 0.29) is 5.91 Å². The maximum Gasteiger partial charge on any atom is 0.226 e. The van der Waals surface area contributed by atoms with Gasteiger partial charge in [0.2, 0.25) is 5.91 Å². The van der Waals surface area contributed by atoms with E-state index in [2.05, 4.69) is 36.9 Å². The fraction of sp³-hybridized carbons (Fsp3) is 0.529. The molecule has 24 heavy (non-hydrogen) atoms. The Hall–Kier alpha value is -1.21. The van der Waals surface area contributed by atoms with Crippen molar-refractivity contribution in [2.75, 3.05) is 30.7 Å². The highest BCUT2D eigenvalue weighted by molar-refractivity contribution is 9.10. The van der Waals surface area contributed by atoms with E-state index < -0.39 is 0 Å². The van der Waals surface area contributed by atoms with Crippen LogP contribution in [0.2, 0.25) is 0 Å². The molecule has 3 N–H and O–H groups in total. The van der Waals surface area contributed by atoms with Gasteiger partial charge in [-0.05, 0) is 49.8 Å². The Labute approximate surface area is 156 Å². The van der Waals surface area contributed by atoms with Gasteiger partial charge in [0.05, 0.1) is 6.54 Å². The quantitative estimate of drug-likeness (QED) is 0.475. The lowest BCUT2D eigenvalue weighted by atomic mass is 10.2. The number of halogens is 1. The lowest BCUT2D eigenvalue weighted by Crippen LogP contribution is -2.39. The summed E-state index contributed by atoms with van der Waals surface area (Å²) in [6.07, 6.45) is 2.95. The molecule has 1 aromatic carbocycles. The van der Waals surface area contributed by atoms with Gasteiger partial charge >= 0.3 is 0 Å². The summed E-state index contributed by atoms with van der Waals surface area (Å²) >= 11 is 5.38. The van der Waals surface area contributed by atoms with E-state index in [1.54, 1.807) is 0 Å². The SMILES string of the molecule is CCNC(=NCC1CCCS1)NCCC(=O)Nc1ccc(Br)cc1. The molecule has 1 aliphatic heterocycles. The summed E-state index contributed by atoms with van der Waals surface area (Å²) in [5, 5.41) is 9.99. The summed E-state index contributed by atoms with van der Waals surface area (Å²) in [5.74, 6) is 2.04. The second kappa shape index (κ2) is 10.6. The number of nitrogens with one attached hydrogen (secondary N) is 3. The zero-order chi connectivity index (χ0) is 17.2. The van der Waals surface area contributed by atoms with Gasteiger partial charge in [-0.15, -0.1) is 0 Å². The van der Waals surface area contributed by atoms with Gasteiger partial charge in [0.15, 0.2) is 5.96 Å². The first-order valence-corrected chi connectivity index (χ1v) is 10.2. The summed E-state index contributed by atoms with van der Waals surface area (Å²) in [6.45, 7) is 4.26. The summed E-state index contributed by atoms with van der Waals surface area (Å²) in [5.41, 5.74) is 0.807. The highest BCUT2D eigenvalue weighted by Gasteiger charge is 2.15. The van der Waals surface area contributed by atoms with Gasteiger partial charge in [0, 0.05) is 34.9 Å². The van der Waals surface area contributed by atoms with Gasteiger partial charge < -0.3 is 16.0 Å². The molecule has 7 heteroatoms. The smallest absolute Gasteiger partial charge is 0.226 e. The van der Waals surface area contributed by atoms with Gasteiger partial charge in [0.1, 0.15) is 0 Å². The van der Waals surface area contributed by atoms with Crippen molar-refractivity contribution in [1.82, 2.24) is 10.6 Å². The summed E-state index contributed by atoms with van der Waals surface area (Å²) < 4.78 is 0.995. The van der Waals surface area contributed by atoms with Crippen LogP contribution in [-0.2, 0) is 4.79 Å². The molecule has 0 saturated carbocycles. The molecule has 1 fully saturated rings. The van der Waals surface area contributed by atoms with E-state index in [1.807, 2.05) is 43.0 Å². The zero-order valence-corrected chi connectivity index (χ0v) is 16.4. The Bertz CT molecular complexity index is 544. The first kappa shape index (κ1) is 19.1. The van der Waals surface area contributed by atoms with Crippen molar-refractivity contribution in [3.05, 3.63) is 28.7 Å².